The molecule has 0 saturated carbocycles. The van der Waals surface area contributed by atoms with Crippen LogP contribution >= 0.6 is 36.2 Å². The number of rotatable bonds is 14. The van der Waals surface area contributed by atoms with E-state index in [-0.39, 0.29) is 35.4 Å². The van der Waals surface area contributed by atoms with E-state index in [1.54, 1.807) is 6.07 Å². The van der Waals surface area contributed by atoms with Gasteiger partial charge in [0.05, 0.1) is 10.8 Å². The van der Waals surface area contributed by atoms with Crippen LogP contribution in [0.2, 0.25) is 0 Å². The van der Waals surface area contributed by atoms with Gasteiger partial charge >= 0.3 is 4.87 Å². The Hall–Kier alpha value is -1.65. The summed E-state index contributed by atoms with van der Waals surface area (Å²) in [6.45, 7) is 6.62. The van der Waals surface area contributed by atoms with E-state index in [9.17, 15) is 15.0 Å². The summed E-state index contributed by atoms with van der Waals surface area (Å²) in [5, 5.41) is 27.2. The largest absolute Gasteiger partial charge is 0.506 e. The fourth-order valence-corrected chi connectivity index (χ4v) is 4.47. The number of phenols is 1. The average molecular weight is 533 g/mol. The van der Waals surface area contributed by atoms with Gasteiger partial charge in [-0.2, -0.15) is 0 Å². The number of aliphatic hydroxyl groups excluding tert-OH is 1. The number of aromatic amines is 1. The number of fused-ring (bicyclic) bond motifs is 1. The number of aromatic hydroxyl groups is 1. The Morgan fingerprint density at radius 2 is 1.88 bits per heavy atom. The standard InChI is InChI=1S/C24H33N3O4S.2ClH/c1-2-12-31-13-4-10-25-15-18-6-3-5-17(14-18)9-11-26-16-21(29)19-7-8-20(28)22-23(19)32-24(30)27-22;;/h3,5-8,14,21,25-26,28-29H,2,4,9-13,15-16H2,1H3,(H,27,30);2*1H/t21-;;/m0../s1. The third kappa shape index (κ3) is 9.19. The van der Waals surface area contributed by atoms with Gasteiger partial charge in [-0.25, -0.2) is 0 Å². The molecular formula is C24H35Cl2N3O4S. The fraction of sp³-hybridized carbons (Fsp3) is 0.458. The molecule has 0 aliphatic heterocycles. The predicted octanol–water partition coefficient (Wildman–Crippen LogP) is 3.91. The van der Waals surface area contributed by atoms with E-state index in [1.165, 1.54) is 17.2 Å². The van der Waals surface area contributed by atoms with Crippen LogP contribution in [0.25, 0.3) is 10.2 Å². The molecule has 3 aromatic rings. The first-order chi connectivity index (χ1) is 15.6. The molecule has 0 spiro atoms. The SMILES string of the molecule is CCCOCCCNCc1cccc(CCNC[C@H](O)c2ccc(O)c3[nH]c(=O)sc23)c1.Cl.Cl. The first-order valence-electron chi connectivity index (χ1n) is 11.2. The van der Waals surface area contributed by atoms with Gasteiger partial charge in [0.15, 0.2) is 0 Å². The maximum Gasteiger partial charge on any atom is 0.305 e. The van der Waals surface area contributed by atoms with E-state index in [2.05, 4.69) is 46.8 Å². The molecule has 1 aromatic heterocycles. The summed E-state index contributed by atoms with van der Waals surface area (Å²) < 4.78 is 6.09. The molecule has 34 heavy (non-hydrogen) atoms. The van der Waals surface area contributed by atoms with E-state index in [4.69, 9.17) is 4.74 Å². The molecule has 190 valence electrons. The second-order valence-electron chi connectivity index (χ2n) is 7.83. The number of aliphatic hydroxyl groups is 1. The minimum Gasteiger partial charge on any atom is -0.506 e. The molecule has 0 radical (unpaired) electrons. The number of hydrogen-bond donors (Lipinski definition) is 5. The molecule has 0 saturated heterocycles. The Balaban J connectivity index is 0.00000289. The van der Waals surface area contributed by atoms with Crippen molar-refractivity contribution in [2.24, 2.45) is 0 Å². The van der Waals surface area contributed by atoms with Gasteiger partial charge in [0, 0.05) is 31.9 Å². The van der Waals surface area contributed by atoms with Gasteiger partial charge in [0.1, 0.15) is 11.3 Å². The van der Waals surface area contributed by atoms with E-state index >= 15 is 0 Å². The van der Waals surface area contributed by atoms with Crippen molar-refractivity contribution in [3.8, 4) is 5.75 Å². The first kappa shape index (κ1) is 30.4. The maximum absolute atomic E-state index is 11.6. The van der Waals surface area contributed by atoms with Gasteiger partial charge in [-0.15, -0.1) is 24.8 Å². The molecule has 1 atom stereocenters. The number of H-pyrrole nitrogens is 1. The summed E-state index contributed by atoms with van der Waals surface area (Å²) in [7, 11) is 0. The number of nitrogens with one attached hydrogen (secondary N) is 3. The lowest BCUT2D eigenvalue weighted by Gasteiger charge is -2.14. The highest BCUT2D eigenvalue weighted by atomic mass is 35.5. The molecule has 0 fully saturated rings. The molecular weight excluding hydrogens is 497 g/mol. The van der Waals surface area contributed by atoms with Crippen molar-refractivity contribution in [3.05, 3.63) is 62.8 Å². The zero-order chi connectivity index (χ0) is 22.8. The molecule has 0 amide bonds. The third-order valence-electron chi connectivity index (χ3n) is 5.19. The van der Waals surface area contributed by atoms with Crippen molar-refractivity contribution in [2.45, 2.75) is 38.8 Å². The van der Waals surface area contributed by atoms with Gasteiger partial charge in [0.25, 0.3) is 0 Å². The van der Waals surface area contributed by atoms with Crippen LogP contribution in [0.1, 0.15) is 42.6 Å². The molecule has 3 rings (SSSR count). The zero-order valence-electron chi connectivity index (χ0n) is 19.3. The lowest BCUT2D eigenvalue weighted by Crippen LogP contribution is -2.24. The number of ether oxygens (including phenoxy) is 1. The molecule has 5 N–H and O–H groups in total. The highest BCUT2D eigenvalue weighted by Crippen LogP contribution is 2.31. The molecule has 0 unspecified atom stereocenters. The molecule has 7 nitrogen and oxygen atoms in total. The van der Waals surface area contributed by atoms with Crippen LogP contribution in [0.3, 0.4) is 0 Å². The fourth-order valence-electron chi connectivity index (χ4n) is 3.56. The highest BCUT2D eigenvalue weighted by Gasteiger charge is 2.15. The summed E-state index contributed by atoms with van der Waals surface area (Å²) in [6.07, 6.45) is 2.17. The zero-order valence-corrected chi connectivity index (χ0v) is 21.8. The van der Waals surface area contributed by atoms with Crippen molar-refractivity contribution < 1.29 is 14.9 Å². The topological polar surface area (TPSA) is 107 Å². The van der Waals surface area contributed by atoms with Crippen LogP contribution < -0.4 is 15.5 Å². The number of thiazole rings is 1. The molecule has 1 heterocycles. The quantitative estimate of drug-likeness (QED) is 0.202. The summed E-state index contributed by atoms with van der Waals surface area (Å²) in [4.78, 5) is 14.0. The second kappa shape index (κ2) is 16.1. The lowest BCUT2D eigenvalue weighted by molar-refractivity contribution is 0.132. The molecule has 0 bridgehead atoms. The molecule has 2 aromatic carbocycles. The van der Waals surface area contributed by atoms with Crippen molar-refractivity contribution in [3.63, 3.8) is 0 Å². The number of halogens is 2. The van der Waals surface area contributed by atoms with Crippen LogP contribution in [0.4, 0.5) is 0 Å². The Morgan fingerprint density at radius 1 is 1.09 bits per heavy atom. The van der Waals surface area contributed by atoms with Gasteiger partial charge < -0.3 is 30.6 Å². The van der Waals surface area contributed by atoms with Crippen LogP contribution in [-0.2, 0) is 17.7 Å². The van der Waals surface area contributed by atoms with Crippen molar-refractivity contribution in [1.82, 2.24) is 15.6 Å². The summed E-state index contributed by atoms with van der Waals surface area (Å²) in [5.74, 6) is 0.0152. The number of aromatic nitrogens is 1. The van der Waals surface area contributed by atoms with E-state index < -0.39 is 6.10 Å². The molecule has 0 aliphatic rings. The van der Waals surface area contributed by atoms with E-state index in [1.807, 2.05) is 0 Å². The van der Waals surface area contributed by atoms with Crippen LogP contribution in [-0.4, -0.2) is 48.0 Å². The smallest absolute Gasteiger partial charge is 0.305 e. The summed E-state index contributed by atoms with van der Waals surface area (Å²) >= 11 is 1.000. The molecule has 0 aliphatic carbocycles. The van der Waals surface area contributed by atoms with Gasteiger partial charge in [-0.05, 0) is 49.5 Å². The summed E-state index contributed by atoms with van der Waals surface area (Å²) in [5.41, 5.74) is 3.52. The normalized spacial score (nSPS) is 11.7. The molecule has 10 heteroatoms. The Bertz CT molecular complexity index is 1040. The predicted molar refractivity (Wildman–Crippen MR) is 144 cm³/mol. The average Bonchev–Trinajstić information content (AvgIpc) is 3.19. The van der Waals surface area contributed by atoms with E-state index in [0.717, 1.165) is 63.4 Å². The van der Waals surface area contributed by atoms with E-state index in [0.29, 0.717) is 22.3 Å². The lowest BCUT2D eigenvalue weighted by atomic mass is 10.1. The third-order valence-corrected chi connectivity index (χ3v) is 6.12. The van der Waals surface area contributed by atoms with Crippen LogP contribution in [0.15, 0.2) is 41.2 Å². The number of phenolic OH excluding ortho intramolecular Hbond substituents is 1. The first-order valence-corrected chi connectivity index (χ1v) is 12.0. The summed E-state index contributed by atoms with van der Waals surface area (Å²) in [6, 6.07) is 11.7. The number of hydrogen-bond acceptors (Lipinski definition) is 7. The van der Waals surface area contributed by atoms with Gasteiger partial charge in [-0.1, -0.05) is 48.6 Å². The van der Waals surface area contributed by atoms with Crippen molar-refractivity contribution in [2.75, 3.05) is 32.8 Å². The minimum atomic E-state index is -0.763. The minimum absolute atomic E-state index is 0. The maximum atomic E-state index is 11.6. The second-order valence-corrected chi connectivity index (χ2v) is 8.81. The monoisotopic (exact) mass is 531 g/mol. The van der Waals surface area contributed by atoms with Gasteiger partial charge in [-0.3, -0.25) is 4.79 Å². The Morgan fingerprint density at radius 3 is 2.68 bits per heavy atom. The Labute approximate surface area is 216 Å². The van der Waals surface area contributed by atoms with Crippen LogP contribution in [0, 0.1) is 0 Å². The van der Waals surface area contributed by atoms with Crippen molar-refractivity contribution >= 4 is 46.4 Å². The van der Waals surface area contributed by atoms with Crippen molar-refractivity contribution in [1.29, 1.82) is 0 Å². The van der Waals surface area contributed by atoms with Crippen LogP contribution in [0.5, 0.6) is 5.75 Å². The highest BCUT2D eigenvalue weighted by molar-refractivity contribution is 7.16. The number of benzene rings is 2. The van der Waals surface area contributed by atoms with Gasteiger partial charge in [0.2, 0.25) is 0 Å². The Kier molecular flexibility index (Phi) is 14.4.